The number of benzene rings is 1. The summed E-state index contributed by atoms with van der Waals surface area (Å²) in [5.74, 6) is 0.871. The van der Waals surface area contributed by atoms with Gasteiger partial charge >= 0.3 is 0 Å². The molecule has 144 valence electrons. The maximum absolute atomic E-state index is 13.2. The lowest BCUT2D eigenvalue weighted by Crippen LogP contribution is -2.31. The largest absolute Gasteiger partial charge is 0.490 e. The molecule has 8 heteroatoms. The zero-order valence-corrected chi connectivity index (χ0v) is 16.3. The van der Waals surface area contributed by atoms with Crippen molar-refractivity contribution in [3.63, 3.8) is 0 Å². The van der Waals surface area contributed by atoms with Gasteiger partial charge in [-0.2, -0.15) is 9.57 Å². The molecule has 0 saturated heterocycles. The Balaban J connectivity index is 2.39. The van der Waals surface area contributed by atoms with E-state index in [1.54, 1.807) is 30.6 Å². The van der Waals surface area contributed by atoms with Crippen molar-refractivity contribution in [2.24, 2.45) is 0 Å². The van der Waals surface area contributed by atoms with Crippen molar-refractivity contribution < 1.29 is 17.9 Å². The average Bonchev–Trinajstić information content (AvgIpc) is 2.67. The van der Waals surface area contributed by atoms with Crippen LogP contribution < -0.4 is 9.47 Å². The Morgan fingerprint density at radius 2 is 1.89 bits per heavy atom. The van der Waals surface area contributed by atoms with Crippen molar-refractivity contribution in [2.75, 3.05) is 19.8 Å². The van der Waals surface area contributed by atoms with Crippen LogP contribution in [-0.2, 0) is 16.6 Å². The summed E-state index contributed by atoms with van der Waals surface area (Å²) in [6.45, 7) is 4.72. The molecule has 0 saturated carbocycles. The van der Waals surface area contributed by atoms with Gasteiger partial charge in [-0.1, -0.05) is 6.07 Å². The summed E-state index contributed by atoms with van der Waals surface area (Å²) in [5.41, 5.74) is 0.745. The molecule has 0 bridgehead atoms. The molecule has 2 aromatic rings. The number of pyridine rings is 1. The fraction of sp³-hybridized carbons (Fsp3) is 0.368. The van der Waals surface area contributed by atoms with Gasteiger partial charge in [0.1, 0.15) is 0 Å². The average molecular weight is 389 g/mol. The summed E-state index contributed by atoms with van der Waals surface area (Å²) >= 11 is 0. The lowest BCUT2D eigenvalue weighted by atomic mass is 10.3. The highest BCUT2D eigenvalue weighted by Gasteiger charge is 2.26. The van der Waals surface area contributed by atoms with Gasteiger partial charge < -0.3 is 9.47 Å². The molecule has 0 N–H and O–H groups in total. The van der Waals surface area contributed by atoms with E-state index in [2.05, 4.69) is 4.98 Å². The molecular weight excluding hydrogens is 366 g/mol. The minimum atomic E-state index is -3.83. The second kappa shape index (κ2) is 9.90. The monoisotopic (exact) mass is 389 g/mol. The van der Waals surface area contributed by atoms with Gasteiger partial charge in [-0.15, -0.1) is 0 Å². The SMILES string of the molecule is CCOc1ccc(S(=O)(=O)N(CCC#N)Cc2cccnc2)cc1OCC. The number of ether oxygens (including phenoxy) is 2. The van der Waals surface area contributed by atoms with Crippen LogP contribution in [0.1, 0.15) is 25.8 Å². The number of nitrogens with zero attached hydrogens (tertiary/aromatic N) is 3. The zero-order chi connectivity index (χ0) is 19.7. The maximum atomic E-state index is 13.2. The van der Waals surface area contributed by atoms with Gasteiger partial charge in [0, 0.05) is 38.0 Å². The van der Waals surface area contributed by atoms with Gasteiger partial charge in [0.2, 0.25) is 10.0 Å². The third kappa shape index (κ3) is 5.42. The van der Waals surface area contributed by atoms with Crippen LogP contribution >= 0.6 is 0 Å². The van der Waals surface area contributed by atoms with E-state index in [1.807, 2.05) is 19.9 Å². The van der Waals surface area contributed by atoms with Crippen LogP contribution in [0.4, 0.5) is 0 Å². The summed E-state index contributed by atoms with van der Waals surface area (Å²) in [7, 11) is -3.83. The Bertz CT molecular complexity index is 880. The predicted molar refractivity (Wildman–Crippen MR) is 101 cm³/mol. The highest BCUT2D eigenvalue weighted by Crippen LogP contribution is 2.31. The standard InChI is InChI=1S/C19H23N3O4S/c1-3-25-18-9-8-17(13-19(18)26-4-2)27(23,24)22(12-6-10-20)15-16-7-5-11-21-14-16/h5,7-9,11,13-14H,3-4,6,12,15H2,1-2H3. The van der Waals surface area contributed by atoms with Crippen molar-refractivity contribution in [1.82, 2.24) is 9.29 Å². The minimum absolute atomic E-state index is 0.0882. The highest BCUT2D eigenvalue weighted by atomic mass is 32.2. The Labute approximate surface area is 160 Å². The van der Waals surface area contributed by atoms with Gasteiger partial charge in [0.05, 0.1) is 24.2 Å². The van der Waals surface area contributed by atoms with Crippen molar-refractivity contribution in [3.8, 4) is 17.6 Å². The fourth-order valence-electron chi connectivity index (χ4n) is 2.50. The lowest BCUT2D eigenvalue weighted by molar-refractivity contribution is 0.287. The fourth-order valence-corrected chi connectivity index (χ4v) is 3.94. The van der Waals surface area contributed by atoms with Crippen molar-refractivity contribution >= 4 is 10.0 Å². The second-order valence-electron chi connectivity index (χ2n) is 5.58. The van der Waals surface area contributed by atoms with Gasteiger partial charge in [-0.3, -0.25) is 4.98 Å². The van der Waals surface area contributed by atoms with E-state index in [0.717, 1.165) is 5.56 Å². The van der Waals surface area contributed by atoms with Crippen molar-refractivity contribution in [3.05, 3.63) is 48.3 Å². The lowest BCUT2D eigenvalue weighted by Gasteiger charge is -2.22. The normalized spacial score (nSPS) is 11.2. The van der Waals surface area contributed by atoms with Crippen LogP contribution in [0.25, 0.3) is 0 Å². The zero-order valence-electron chi connectivity index (χ0n) is 15.5. The molecule has 0 aliphatic rings. The Hall–Kier alpha value is -2.63. The van der Waals surface area contributed by atoms with Gasteiger partial charge in [-0.05, 0) is 37.6 Å². The molecule has 0 atom stereocenters. The van der Waals surface area contributed by atoms with Gasteiger partial charge in [0.25, 0.3) is 0 Å². The summed E-state index contributed by atoms with van der Waals surface area (Å²) in [5, 5.41) is 8.91. The van der Waals surface area contributed by atoms with Crippen molar-refractivity contribution in [1.29, 1.82) is 5.26 Å². The number of nitriles is 1. The van der Waals surface area contributed by atoms with E-state index < -0.39 is 10.0 Å². The van der Waals surface area contributed by atoms with E-state index in [4.69, 9.17) is 14.7 Å². The molecule has 0 fully saturated rings. The molecular formula is C19H23N3O4S. The topological polar surface area (TPSA) is 92.5 Å². The first-order valence-corrected chi connectivity index (χ1v) is 10.1. The number of hydrogen-bond donors (Lipinski definition) is 0. The third-order valence-corrected chi connectivity index (χ3v) is 5.55. The van der Waals surface area contributed by atoms with Crippen LogP contribution in [0.15, 0.2) is 47.6 Å². The smallest absolute Gasteiger partial charge is 0.243 e. The molecule has 0 unspecified atom stereocenters. The first kappa shape index (κ1) is 20.7. The summed E-state index contributed by atoms with van der Waals surface area (Å²) in [4.78, 5) is 4.11. The molecule has 1 aromatic carbocycles. The van der Waals surface area contributed by atoms with E-state index >= 15 is 0 Å². The number of rotatable bonds is 10. The predicted octanol–water partition coefficient (Wildman–Crippen LogP) is 2.98. The third-order valence-electron chi connectivity index (χ3n) is 3.71. The molecule has 0 spiro atoms. The van der Waals surface area contributed by atoms with E-state index in [-0.39, 0.29) is 24.4 Å². The van der Waals surface area contributed by atoms with Crippen LogP contribution in [-0.4, -0.2) is 37.5 Å². The summed E-state index contributed by atoms with van der Waals surface area (Å²) in [6.07, 6.45) is 3.33. The number of hydrogen-bond acceptors (Lipinski definition) is 6. The van der Waals surface area contributed by atoms with Gasteiger partial charge in [-0.25, -0.2) is 8.42 Å². The molecule has 0 radical (unpaired) electrons. The Morgan fingerprint density at radius 1 is 1.15 bits per heavy atom. The molecule has 7 nitrogen and oxygen atoms in total. The highest BCUT2D eigenvalue weighted by molar-refractivity contribution is 7.89. The van der Waals surface area contributed by atoms with Crippen LogP contribution in [0.2, 0.25) is 0 Å². The van der Waals surface area contributed by atoms with Crippen LogP contribution in [0, 0.1) is 11.3 Å². The van der Waals surface area contributed by atoms with Gasteiger partial charge in [0.15, 0.2) is 11.5 Å². The summed E-state index contributed by atoms with van der Waals surface area (Å²) in [6, 6.07) is 10.1. The molecule has 2 rings (SSSR count). The molecule has 1 aromatic heterocycles. The molecule has 0 amide bonds. The first-order valence-electron chi connectivity index (χ1n) is 8.68. The van der Waals surface area contributed by atoms with Crippen LogP contribution in [0.3, 0.4) is 0 Å². The quantitative estimate of drug-likeness (QED) is 0.620. The molecule has 0 aliphatic carbocycles. The molecule has 27 heavy (non-hydrogen) atoms. The molecule has 0 aliphatic heterocycles. The van der Waals surface area contributed by atoms with E-state index in [1.165, 1.54) is 16.4 Å². The number of sulfonamides is 1. The van der Waals surface area contributed by atoms with Crippen molar-refractivity contribution in [2.45, 2.75) is 31.7 Å². The van der Waals surface area contributed by atoms with Crippen LogP contribution in [0.5, 0.6) is 11.5 Å². The van der Waals surface area contributed by atoms with E-state index in [0.29, 0.717) is 24.7 Å². The maximum Gasteiger partial charge on any atom is 0.243 e. The molecule has 1 heterocycles. The summed E-state index contributed by atoms with van der Waals surface area (Å²) < 4.78 is 38.6. The second-order valence-corrected chi connectivity index (χ2v) is 7.52. The number of aromatic nitrogens is 1. The minimum Gasteiger partial charge on any atom is -0.490 e. The Kier molecular flexibility index (Phi) is 7.58. The first-order chi connectivity index (χ1) is 13.0. The Morgan fingerprint density at radius 3 is 2.52 bits per heavy atom. The van der Waals surface area contributed by atoms with E-state index in [9.17, 15) is 8.42 Å².